The Balaban J connectivity index is 1.81. The van der Waals surface area contributed by atoms with Crippen molar-refractivity contribution < 1.29 is 14.7 Å². The highest BCUT2D eigenvalue weighted by Gasteiger charge is 2.64. The predicted molar refractivity (Wildman–Crippen MR) is 106 cm³/mol. The SMILES string of the molecule is C/C=C1/CC2C3CCC4=CC(=O)CC[C@]4(C)C3=CC[C@]2(C)[C@@]1(C)C(=O)CO. The highest BCUT2D eigenvalue weighted by Crippen LogP contribution is 2.69. The van der Waals surface area contributed by atoms with Crippen molar-refractivity contribution >= 4 is 11.6 Å². The largest absolute Gasteiger partial charge is 0.389 e. The Morgan fingerprint density at radius 3 is 2.70 bits per heavy atom. The molecule has 4 rings (SSSR count). The minimum absolute atomic E-state index is 0.0221. The third kappa shape index (κ3) is 2.24. The molecule has 1 N–H and O–H groups in total. The minimum Gasteiger partial charge on any atom is -0.389 e. The van der Waals surface area contributed by atoms with Crippen LogP contribution in [0, 0.1) is 28.1 Å². The lowest BCUT2D eigenvalue weighted by atomic mass is 9.49. The number of aliphatic hydroxyl groups is 1. The number of hydrogen-bond donors (Lipinski definition) is 1. The summed E-state index contributed by atoms with van der Waals surface area (Å²) < 4.78 is 0. The smallest absolute Gasteiger partial charge is 0.168 e. The van der Waals surface area contributed by atoms with Crippen LogP contribution in [-0.4, -0.2) is 23.3 Å². The van der Waals surface area contributed by atoms with Crippen molar-refractivity contribution in [3.8, 4) is 0 Å². The zero-order valence-corrected chi connectivity index (χ0v) is 17.1. The van der Waals surface area contributed by atoms with Gasteiger partial charge in [0.15, 0.2) is 11.6 Å². The van der Waals surface area contributed by atoms with Gasteiger partial charge in [0.25, 0.3) is 0 Å². The summed E-state index contributed by atoms with van der Waals surface area (Å²) in [5.74, 6) is 1.14. The monoisotopic (exact) mass is 368 g/mol. The normalized spacial score (nSPS) is 44.9. The summed E-state index contributed by atoms with van der Waals surface area (Å²) in [6.07, 6.45) is 11.9. The number of fused-ring (bicyclic) bond motifs is 5. The Kier molecular flexibility index (Phi) is 4.20. The van der Waals surface area contributed by atoms with Crippen molar-refractivity contribution in [3.05, 3.63) is 34.9 Å². The molecule has 0 bridgehead atoms. The molecule has 2 unspecified atom stereocenters. The maximum Gasteiger partial charge on any atom is 0.168 e. The maximum atomic E-state index is 12.9. The molecule has 0 aliphatic heterocycles. The molecule has 4 aliphatic rings. The van der Waals surface area contributed by atoms with E-state index in [4.69, 9.17) is 0 Å². The molecule has 0 heterocycles. The summed E-state index contributed by atoms with van der Waals surface area (Å²) in [4.78, 5) is 24.9. The lowest BCUT2D eigenvalue weighted by Crippen LogP contribution is -2.50. The van der Waals surface area contributed by atoms with Gasteiger partial charge in [-0.1, -0.05) is 42.7 Å². The second-order valence-corrected chi connectivity index (χ2v) is 9.73. The Morgan fingerprint density at radius 1 is 1.30 bits per heavy atom. The van der Waals surface area contributed by atoms with Crippen LogP contribution in [0.5, 0.6) is 0 Å². The average molecular weight is 369 g/mol. The first-order valence-corrected chi connectivity index (χ1v) is 10.5. The predicted octanol–water partition coefficient (Wildman–Crippen LogP) is 4.56. The molecule has 3 heteroatoms. The Morgan fingerprint density at radius 2 is 2.04 bits per heavy atom. The lowest BCUT2D eigenvalue weighted by Gasteiger charge is -2.55. The topological polar surface area (TPSA) is 54.4 Å². The highest BCUT2D eigenvalue weighted by atomic mass is 16.3. The van der Waals surface area contributed by atoms with Gasteiger partial charge in [-0.3, -0.25) is 9.59 Å². The molecule has 146 valence electrons. The van der Waals surface area contributed by atoms with Crippen LogP contribution in [0.4, 0.5) is 0 Å². The number of carbonyl (C=O) groups excluding carboxylic acids is 2. The maximum absolute atomic E-state index is 12.9. The summed E-state index contributed by atoms with van der Waals surface area (Å²) >= 11 is 0. The molecule has 0 saturated heterocycles. The Labute approximate surface area is 162 Å². The summed E-state index contributed by atoms with van der Waals surface area (Å²) in [6.45, 7) is 8.31. The number of aliphatic hydroxyl groups excluding tert-OH is 1. The summed E-state index contributed by atoms with van der Waals surface area (Å²) in [5.41, 5.74) is 3.34. The molecule has 2 fully saturated rings. The van der Waals surface area contributed by atoms with Gasteiger partial charge in [-0.05, 0) is 69.3 Å². The summed E-state index contributed by atoms with van der Waals surface area (Å²) in [6, 6.07) is 0. The highest BCUT2D eigenvalue weighted by molar-refractivity contribution is 5.92. The summed E-state index contributed by atoms with van der Waals surface area (Å²) in [7, 11) is 0. The van der Waals surface area contributed by atoms with Gasteiger partial charge in [-0.25, -0.2) is 0 Å². The first kappa shape index (κ1) is 18.9. The molecule has 27 heavy (non-hydrogen) atoms. The molecule has 5 atom stereocenters. The van der Waals surface area contributed by atoms with Crippen molar-refractivity contribution in [2.75, 3.05) is 6.61 Å². The second-order valence-electron chi connectivity index (χ2n) is 9.73. The van der Waals surface area contributed by atoms with Crippen molar-refractivity contribution in [3.63, 3.8) is 0 Å². The van der Waals surface area contributed by atoms with Crippen LogP contribution < -0.4 is 0 Å². The van der Waals surface area contributed by atoms with Gasteiger partial charge in [0.2, 0.25) is 0 Å². The van der Waals surface area contributed by atoms with Crippen LogP contribution in [0.15, 0.2) is 34.9 Å². The molecule has 0 spiro atoms. The van der Waals surface area contributed by atoms with Gasteiger partial charge in [0.1, 0.15) is 6.61 Å². The number of hydrogen-bond acceptors (Lipinski definition) is 3. The molecule has 3 nitrogen and oxygen atoms in total. The van der Waals surface area contributed by atoms with Crippen molar-refractivity contribution in [2.45, 2.75) is 66.2 Å². The van der Waals surface area contributed by atoms with E-state index in [1.165, 1.54) is 16.7 Å². The number of ketones is 2. The lowest BCUT2D eigenvalue weighted by molar-refractivity contribution is -0.136. The first-order chi connectivity index (χ1) is 12.7. The van der Waals surface area contributed by atoms with Gasteiger partial charge in [-0.2, -0.15) is 0 Å². The van der Waals surface area contributed by atoms with E-state index < -0.39 is 5.41 Å². The van der Waals surface area contributed by atoms with Crippen LogP contribution in [0.25, 0.3) is 0 Å². The molecular formula is C24H32O3. The molecule has 0 aromatic heterocycles. The zero-order chi connectivity index (χ0) is 19.6. The van der Waals surface area contributed by atoms with Crippen molar-refractivity contribution in [1.82, 2.24) is 0 Å². The van der Waals surface area contributed by atoms with Gasteiger partial charge in [0.05, 0.1) is 5.41 Å². The van der Waals surface area contributed by atoms with E-state index in [-0.39, 0.29) is 29.0 Å². The number of allylic oxidation sites excluding steroid dienone is 6. The van der Waals surface area contributed by atoms with Gasteiger partial charge in [0, 0.05) is 11.8 Å². The standard InChI is InChI=1S/C24H32O3/c1-5-15-13-20-18-7-6-16-12-17(26)8-10-22(16,2)19(18)9-11-23(20,3)24(15,4)21(27)14-25/h5,9,12,18,20,25H,6-8,10-11,13-14H2,1-4H3/b15-5-/t18?,20?,22-,23-,24+/m0/s1. The second kappa shape index (κ2) is 6.01. The third-order valence-corrected chi connectivity index (χ3v) is 9.00. The first-order valence-electron chi connectivity index (χ1n) is 10.5. The fourth-order valence-electron chi connectivity index (χ4n) is 7.04. The van der Waals surface area contributed by atoms with Crippen LogP contribution in [0.3, 0.4) is 0 Å². The molecular weight excluding hydrogens is 336 g/mol. The van der Waals surface area contributed by atoms with E-state index in [1.807, 2.05) is 13.0 Å². The zero-order valence-electron chi connectivity index (χ0n) is 17.1. The molecule has 4 aliphatic carbocycles. The third-order valence-electron chi connectivity index (χ3n) is 9.00. The van der Waals surface area contributed by atoms with Crippen LogP contribution >= 0.6 is 0 Å². The van der Waals surface area contributed by atoms with E-state index >= 15 is 0 Å². The Hall–Kier alpha value is -1.48. The van der Waals surface area contributed by atoms with E-state index in [1.54, 1.807) is 0 Å². The molecule has 0 amide bonds. The van der Waals surface area contributed by atoms with E-state index in [2.05, 4.69) is 32.9 Å². The van der Waals surface area contributed by atoms with Gasteiger partial charge >= 0.3 is 0 Å². The van der Waals surface area contributed by atoms with Crippen molar-refractivity contribution in [1.29, 1.82) is 0 Å². The van der Waals surface area contributed by atoms with E-state index in [9.17, 15) is 14.7 Å². The molecule has 0 aromatic rings. The van der Waals surface area contributed by atoms with Crippen LogP contribution in [-0.2, 0) is 9.59 Å². The van der Waals surface area contributed by atoms with Crippen LogP contribution in [0.2, 0.25) is 0 Å². The van der Waals surface area contributed by atoms with Crippen molar-refractivity contribution in [2.24, 2.45) is 28.1 Å². The number of carbonyl (C=O) groups is 2. The number of rotatable bonds is 2. The van der Waals surface area contributed by atoms with Crippen LogP contribution in [0.1, 0.15) is 66.2 Å². The Bertz CT molecular complexity index is 800. The molecule has 0 radical (unpaired) electrons. The molecule has 2 saturated carbocycles. The quantitative estimate of drug-likeness (QED) is 0.727. The number of Topliss-reactive ketones (excluding diaryl/α,β-unsaturated/α-hetero) is 1. The minimum atomic E-state index is -0.581. The fraction of sp³-hybridized carbons (Fsp3) is 0.667. The van der Waals surface area contributed by atoms with Gasteiger partial charge in [-0.15, -0.1) is 0 Å². The van der Waals surface area contributed by atoms with E-state index in [0.717, 1.165) is 32.1 Å². The van der Waals surface area contributed by atoms with Gasteiger partial charge < -0.3 is 5.11 Å². The average Bonchev–Trinajstić information content (AvgIpc) is 2.90. The molecule has 0 aromatic carbocycles. The van der Waals surface area contributed by atoms with E-state index in [0.29, 0.717) is 18.3 Å². The fourth-order valence-corrected chi connectivity index (χ4v) is 7.04. The summed E-state index contributed by atoms with van der Waals surface area (Å²) in [5, 5.41) is 9.70.